The zero-order chi connectivity index (χ0) is 10.5. The lowest BCUT2D eigenvalue weighted by Crippen LogP contribution is -2.49. The molecular formula is C13H21NS. The van der Waals surface area contributed by atoms with Gasteiger partial charge in [-0.15, -0.1) is 11.8 Å². The van der Waals surface area contributed by atoms with Crippen molar-refractivity contribution in [3.63, 3.8) is 0 Å². The highest BCUT2D eigenvalue weighted by Crippen LogP contribution is 2.61. The predicted octanol–water partition coefficient (Wildman–Crippen LogP) is 3.93. The maximum Gasteiger partial charge on any atom is 0.0703 e. The molecule has 0 heterocycles. The second kappa shape index (κ2) is 3.51. The molecule has 1 nitrogen and oxygen atoms in total. The third-order valence-corrected chi connectivity index (χ3v) is 5.82. The molecule has 0 atom stereocenters. The summed E-state index contributed by atoms with van der Waals surface area (Å²) in [5.41, 5.74) is 0.357. The van der Waals surface area contributed by atoms with Gasteiger partial charge in [0.05, 0.1) is 5.04 Å². The zero-order valence-corrected chi connectivity index (χ0v) is 10.4. The normalized spacial score (nSPS) is 47.1. The van der Waals surface area contributed by atoms with Gasteiger partial charge in [-0.2, -0.15) is 0 Å². The van der Waals surface area contributed by atoms with Crippen molar-refractivity contribution < 1.29 is 0 Å². The summed E-state index contributed by atoms with van der Waals surface area (Å²) in [6, 6.07) is 0. The van der Waals surface area contributed by atoms with Gasteiger partial charge in [-0.25, -0.2) is 0 Å². The third-order valence-electron chi connectivity index (χ3n) is 4.81. The van der Waals surface area contributed by atoms with Gasteiger partial charge in [-0.05, 0) is 62.0 Å². The van der Waals surface area contributed by atoms with E-state index in [-0.39, 0.29) is 0 Å². The summed E-state index contributed by atoms with van der Waals surface area (Å²) in [6.07, 6.45) is 8.52. The Morgan fingerprint density at radius 1 is 1.13 bits per heavy atom. The van der Waals surface area contributed by atoms with Crippen LogP contribution < -0.4 is 0 Å². The number of rotatable bonds is 2. The van der Waals surface area contributed by atoms with E-state index in [2.05, 4.69) is 6.92 Å². The van der Waals surface area contributed by atoms with E-state index in [1.54, 1.807) is 11.8 Å². The van der Waals surface area contributed by atoms with E-state index in [9.17, 15) is 0 Å². The first-order chi connectivity index (χ1) is 7.22. The molecule has 1 N–H and O–H groups in total. The maximum absolute atomic E-state index is 8.33. The van der Waals surface area contributed by atoms with E-state index in [0.29, 0.717) is 5.41 Å². The SMILES string of the molecule is CCSC(=N)C12CC3CC(CC(C3)C1)C2. The minimum absolute atomic E-state index is 0.357. The molecule has 0 saturated heterocycles. The minimum atomic E-state index is 0.357. The van der Waals surface area contributed by atoms with Gasteiger partial charge in [0.2, 0.25) is 0 Å². The van der Waals surface area contributed by atoms with Crippen LogP contribution in [0.3, 0.4) is 0 Å². The Hall–Kier alpha value is 0.0200. The molecule has 4 aliphatic rings. The Morgan fingerprint density at radius 2 is 1.60 bits per heavy atom. The summed E-state index contributed by atoms with van der Waals surface area (Å²) in [7, 11) is 0. The van der Waals surface area contributed by atoms with Crippen LogP contribution in [0.25, 0.3) is 0 Å². The van der Waals surface area contributed by atoms with Crippen LogP contribution in [0.5, 0.6) is 0 Å². The van der Waals surface area contributed by atoms with Crippen molar-refractivity contribution in [1.29, 1.82) is 5.41 Å². The van der Waals surface area contributed by atoms with Crippen molar-refractivity contribution in [1.82, 2.24) is 0 Å². The maximum atomic E-state index is 8.33. The van der Waals surface area contributed by atoms with Crippen LogP contribution in [-0.4, -0.2) is 10.8 Å². The van der Waals surface area contributed by atoms with Gasteiger partial charge in [-0.1, -0.05) is 6.92 Å². The quantitative estimate of drug-likeness (QED) is 0.556. The Balaban J connectivity index is 1.83. The van der Waals surface area contributed by atoms with Gasteiger partial charge < -0.3 is 0 Å². The standard InChI is InChI=1S/C13H21NS/c1-2-15-12(14)13-6-9-3-10(7-13)5-11(4-9)8-13/h9-11,14H,2-8H2,1H3. The highest BCUT2D eigenvalue weighted by molar-refractivity contribution is 8.13. The van der Waals surface area contributed by atoms with Crippen molar-refractivity contribution in [3.8, 4) is 0 Å². The predicted molar refractivity (Wildman–Crippen MR) is 66.5 cm³/mol. The molecule has 84 valence electrons. The van der Waals surface area contributed by atoms with Gasteiger partial charge in [-0.3, -0.25) is 5.41 Å². The molecule has 4 fully saturated rings. The second-order valence-corrected chi connectivity index (χ2v) is 7.23. The first-order valence-electron chi connectivity index (χ1n) is 6.43. The highest BCUT2D eigenvalue weighted by atomic mass is 32.2. The summed E-state index contributed by atoms with van der Waals surface area (Å²) in [5, 5.41) is 9.36. The van der Waals surface area contributed by atoms with Crippen LogP contribution in [0.15, 0.2) is 0 Å². The molecule has 4 bridgehead atoms. The van der Waals surface area contributed by atoms with Crippen LogP contribution >= 0.6 is 11.8 Å². The van der Waals surface area contributed by atoms with E-state index in [1.807, 2.05) is 0 Å². The van der Waals surface area contributed by atoms with Crippen LogP contribution in [0, 0.1) is 28.6 Å². The highest BCUT2D eigenvalue weighted by Gasteiger charge is 2.52. The number of thioether (sulfide) groups is 1. The van der Waals surface area contributed by atoms with E-state index in [4.69, 9.17) is 5.41 Å². The van der Waals surface area contributed by atoms with E-state index in [0.717, 1.165) is 28.6 Å². The molecule has 4 saturated carbocycles. The third kappa shape index (κ3) is 1.56. The van der Waals surface area contributed by atoms with E-state index in [1.165, 1.54) is 38.5 Å². The lowest BCUT2D eigenvalue weighted by molar-refractivity contribution is -0.0109. The number of nitrogens with one attached hydrogen (secondary N) is 1. The lowest BCUT2D eigenvalue weighted by Gasteiger charge is -2.56. The fraction of sp³-hybridized carbons (Fsp3) is 0.923. The van der Waals surface area contributed by atoms with Crippen molar-refractivity contribution in [3.05, 3.63) is 0 Å². The fourth-order valence-corrected chi connectivity index (χ4v) is 5.53. The van der Waals surface area contributed by atoms with Crippen molar-refractivity contribution in [2.24, 2.45) is 23.2 Å². The monoisotopic (exact) mass is 223 g/mol. The van der Waals surface area contributed by atoms with Gasteiger partial charge in [0.1, 0.15) is 0 Å². The summed E-state index contributed by atoms with van der Waals surface area (Å²) in [5.74, 6) is 4.03. The molecule has 0 aromatic carbocycles. The van der Waals surface area contributed by atoms with Crippen molar-refractivity contribution in [2.75, 3.05) is 5.75 Å². The molecule has 4 aliphatic carbocycles. The minimum Gasteiger partial charge on any atom is -0.298 e. The van der Waals surface area contributed by atoms with Gasteiger partial charge >= 0.3 is 0 Å². The summed E-state index contributed by atoms with van der Waals surface area (Å²) in [4.78, 5) is 0. The van der Waals surface area contributed by atoms with Gasteiger partial charge in [0.25, 0.3) is 0 Å². The van der Waals surface area contributed by atoms with Crippen LogP contribution in [0.4, 0.5) is 0 Å². The first kappa shape index (κ1) is 10.2. The molecule has 0 aromatic rings. The summed E-state index contributed by atoms with van der Waals surface area (Å²) >= 11 is 1.80. The molecule has 0 radical (unpaired) electrons. The fourth-order valence-electron chi connectivity index (χ4n) is 4.69. The van der Waals surface area contributed by atoms with Crippen LogP contribution in [0.2, 0.25) is 0 Å². The summed E-state index contributed by atoms with van der Waals surface area (Å²) < 4.78 is 0. The van der Waals surface area contributed by atoms with Gasteiger partial charge in [0.15, 0.2) is 0 Å². The molecular weight excluding hydrogens is 202 g/mol. The van der Waals surface area contributed by atoms with Crippen LogP contribution in [0.1, 0.15) is 45.4 Å². The average Bonchev–Trinajstić information content (AvgIpc) is 2.15. The Morgan fingerprint density at radius 3 is 2.00 bits per heavy atom. The Bertz CT molecular complexity index is 249. The molecule has 0 amide bonds. The molecule has 0 unspecified atom stereocenters. The van der Waals surface area contributed by atoms with E-state index < -0.39 is 0 Å². The number of hydrogen-bond acceptors (Lipinski definition) is 2. The largest absolute Gasteiger partial charge is 0.298 e. The van der Waals surface area contributed by atoms with E-state index >= 15 is 0 Å². The van der Waals surface area contributed by atoms with Crippen molar-refractivity contribution in [2.45, 2.75) is 45.4 Å². The van der Waals surface area contributed by atoms with Crippen molar-refractivity contribution >= 4 is 16.8 Å². The Kier molecular flexibility index (Phi) is 2.39. The summed E-state index contributed by atoms with van der Waals surface area (Å²) in [6.45, 7) is 2.18. The molecule has 0 aliphatic heterocycles. The second-order valence-electron chi connectivity index (χ2n) is 5.96. The zero-order valence-electron chi connectivity index (χ0n) is 9.59. The molecule has 0 aromatic heterocycles. The average molecular weight is 223 g/mol. The van der Waals surface area contributed by atoms with Crippen LogP contribution in [-0.2, 0) is 0 Å². The first-order valence-corrected chi connectivity index (χ1v) is 7.42. The molecule has 15 heavy (non-hydrogen) atoms. The molecule has 0 spiro atoms. The molecule has 2 heteroatoms. The lowest BCUT2D eigenvalue weighted by atomic mass is 9.50. The number of hydrogen-bond donors (Lipinski definition) is 1. The smallest absolute Gasteiger partial charge is 0.0703 e. The Labute approximate surface area is 96.9 Å². The molecule has 4 rings (SSSR count). The van der Waals surface area contributed by atoms with Gasteiger partial charge in [0, 0.05) is 5.41 Å². The topological polar surface area (TPSA) is 23.9 Å².